The first kappa shape index (κ1) is 21.3. The highest BCUT2D eigenvalue weighted by Crippen LogP contribution is 2.11. The first-order valence-electron chi connectivity index (χ1n) is 8.58. The van der Waals surface area contributed by atoms with E-state index in [-0.39, 0.29) is 18.4 Å². The summed E-state index contributed by atoms with van der Waals surface area (Å²) in [5.41, 5.74) is 0. The molecule has 5 heteroatoms. The van der Waals surface area contributed by atoms with Crippen molar-refractivity contribution >= 4 is 24.6 Å². The van der Waals surface area contributed by atoms with Crippen LogP contribution in [-0.4, -0.2) is 30.9 Å². The molecule has 0 rings (SSSR count). The number of hydrogen-bond donors (Lipinski definition) is 1. The van der Waals surface area contributed by atoms with Gasteiger partial charge in [-0.1, -0.05) is 52.4 Å². The van der Waals surface area contributed by atoms with Crippen LogP contribution < -0.4 is 0 Å². The first-order chi connectivity index (χ1) is 10.7. The molecule has 0 bridgehead atoms. The highest BCUT2D eigenvalue weighted by molar-refractivity contribution is 7.80. The average Bonchev–Trinajstić information content (AvgIpc) is 2.52. The quantitative estimate of drug-likeness (QED) is 0.295. The standard InChI is InChI=1S/C17H32O4S/c1-3-5-7-9-11-20-16(18)13-15(14-22)17(19)21-12-10-8-6-4-2/h15,22H,3-14H2,1-2H3. The van der Waals surface area contributed by atoms with Gasteiger partial charge in [0.25, 0.3) is 0 Å². The van der Waals surface area contributed by atoms with E-state index in [4.69, 9.17) is 9.47 Å². The maximum atomic E-state index is 11.9. The molecule has 0 aliphatic carbocycles. The molecule has 0 saturated carbocycles. The van der Waals surface area contributed by atoms with Gasteiger partial charge in [-0.3, -0.25) is 9.59 Å². The summed E-state index contributed by atoms with van der Waals surface area (Å²) >= 11 is 4.14. The topological polar surface area (TPSA) is 52.6 Å². The van der Waals surface area contributed by atoms with Crippen LogP contribution in [0.25, 0.3) is 0 Å². The first-order valence-corrected chi connectivity index (χ1v) is 9.22. The molecule has 22 heavy (non-hydrogen) atoms. The Bertz CT molecular complexity index is 294. The minimum atomic E-state index is -0.502. The summed E-state index contributed by atoms with van der Waals surface area (Å²) in [6, 6.07) is 0. The SMILES string of the molecule is CCCCCCOC(=O)CC(CS)C(=O)OCCCCCC. The summed E-state index contributed by atoms with van der Waals surface area (Å²) in [4.78, 5) is 23.6. The lowest BCUT2D eigenvalue weighted by molar-refractivity contribution is -0.154. The van der Waals surface area contributed by atoms with E-state index in [1.54, 1.807) is 0 Å². The smallest absolute Gasteiger partial charge is 0.310 e. The normalized spacial score (nSPS) is 12.0. The van der Waals surface area contributed by atoms with Crippen LogP contribution in [0.2, 0.25) is 0 Å². The Labute approximate surface area is 140 Å². The number of hydrogen-bond acceptors (Lipinski definition) is 5. The third kappa shape index (κ3) is 11.9. The lowest BCUT2D eigenvalue weighted by Gasteiger charge is -2.13. The van der Waals surface area contributed by atoms with Gasteiger partial charge in [-0.2, -0.15) is 12.6 Å². The Morgan fingerprint density at radius 1 is 0.864 bits per heavy atom. The van der Waals surface area contributed by atoms with Crippen LogP contribution in [0.3, 0.4) is 0 Å². The van der Waals surface area contributed by atoms with Crippen molar-refractivity contribution in [3.05, 3.63) is 0 Å². The molecule has 0 spiro atoms. The highest BCUT2D eigenvalue weighted by atomic mass is 32.1. The summed E-state index contributed by atoms with van der Waals surface area (Å²) in [5, 5.41) is 0. The van der Waals surface area contributed by atoms with Crippen molar-refractivity contribution < 1.29 is 19.1 Å². The van der Waals surface area contributed by atoms with E-state index < -0.39 is 5.92 Å². The van der Waals surface area contributed by atoms with Gasteiger partial charge in [0.2, 0.25) is 0 Å². The van der Waals surface area contributed by atoms with Gasteiger partial charge < -0.3 is 9.47 Å². The van der Waals surface area contributed by atoms with Crippen molar-refractivity contribution in [2.45, 2.75) is 71.6 Å². The van der Waals surface area contributed by atoms with Gasteiger partial charge >= 0.3 is 11.9 Å². The second-order valence-electron chi connectivity index (χ2n) is 5.59. The Morgan fingerprint density at radius 2 is 1.41 bits per heavy atom. The van der Waals surface area contributed by atoms with Crippen LogP contribution in [-0.2, 0) is 19.1 Å². The molecule has 4 nitrogen and oxygen atoms in total. The lowest BCUT2D eigenvalue weighted by atomic mass is 10.1. The number of ether oxygens (including phenoxy) is 2. The number of carbonyl (C=O) groups excluding carboxylic acids is 2. The van der Waals surface area contributed by atoms with E-state index in [1.807, 2.05) is 0 Å². The fourth-order valence-electron chi connectivity index (χ4n) is 2.02. The van der Waals surface area contributed by atoms with E-state index in [9.17, 15) is 9.59 Å². The fourth-order valence-corrected chi connectivity index (χ4v) is 2.29. The predicted molar refractivity (Wildman–Crippen MR) is 92.2 cm³/mol. The molecule has 0 aromatic heterocycles. The van der Waals surface area contributed by atoms with Gasteiger partial charge in [-0.15, -0.1) is 0 Å². The monoisotopic (exact) mass is 332 g/mol. The Kier molecular flexibility index (Phi) is 14.7. The number of carbonyl (C=O) groups is 2. The summed E-state index contributed by atoms with van der Waals surface area (Å²) in [7, 11) is 0. The third-order valence-corrected chi connectivity index (χ3v) is 3.91. The van der Waals surface area contributed by atoms with Gasteiger partial charge in [0.1, 0.15) is 0 Å². The maximum absolute atomic E-state index is 11.9. The molecule has 0 aliphatic heterocycles. The molecule has 1 atom stereocenters. The van der Waals surface area contributed by atoms with E-state index >= 15 is 0 Å². The van der Waals surface area contributed by atoms with Crippen molar-refractivity contribution in [2.24, 2.45) is 5.92 Å². The number of thiol groups is 1. The minimum absolute atomic E-state index is 0.0606. The summed E-state index contributed by atoms with van der Waals surface area (Å²) < 4.78 is 10.4. The summed E-state index contributed by atoms with van der Waals surface area (Å²) in [6.07, 6.45) is 8.56. The number of unbranched alkanes of at least 4 members (excludes halogenated alkanes) is 6. The number of rotatable bonds is 14. The van der Waals surface area contributed by atoms with E-state index in [2.05, 4.69) is 26.5 Å². The maximum Gasteiger partial charge on any atom is 0.310 e. The molecule has 0 aromatic carbocycles. The van der Waals surface area contributed by atoms with E-state index in [1.165, 1.54) is 0 Å². The van der Waals surface area contributed by atoms with Crippen molar-refractivity contribution in [2.75, 3.05) is 19.0 Å². The van der Waals surface area contributed by atoms with Crippen LogP contribution >= 0.6 is 12.6 Å². The summed E-state index contributed by atoms with van der Waals surface area (Å²) in [6.45, 7) is 5.13. The highest BCUT2D eigenvalue weighted by Gasteiger charge is 2.22. The van der Waals surface area contributed by atoms with E-state index in [0.29, 0.717) is 19.0 Å². The third-order valence-electron chi connectivity index (χ3n) is 3.47. The molecule has 0 radical (unpaired) electrons. The molecule has 0 saturated heterocycles. The largest absolute Gasteiger partial charge is 0.466 e. The number of esters is 2. The van der Waals surface area contributed by atoms with Crippen LogP contribution in [0.1, 0.15) is 71.6 Å². The van der Waals surface area contributed by atoms with Gasteiger partial charge in [0.05, 0.1) is 25.6 Å². The molecule has 0 aromatic rings. The molecule has 130 valence electrons. The molecule has 0 fully saturated rings. The average molecular weight is 333 g/mol. The van der Waals surface area contributed by atoms with Gasteiger partial charge in [-0.25, -0.2) is 0 Å². The molecule has 0 heterocycles. The predicted octanol–water partition coefficient (Wildman–Crippen LogP) is 4.17. The van der Waals surface area contributed by atoms with Gasteiger partial charge in [0, 0.05) is 5.75 Å². The van der Waals surface area contributed by atoms with Crippen LogP contribution in [0.4, 0.5) is 0 Å². The molecule has 0 N–H and O–H groups in total. The van der Waals surface area contributed by atoms with Crippen molar-refractivity contribution in [3.8, 4) is 0 Å². The zero-order valence-corrected chi connectivity index (χ0v) is 15.0. The Hall–Kier alpha value is -0.710. The van der Waals surface area contributed by atoms with Gasteiger partial charge in [-0.05, 0) is 12.8 Å². The van der Waals surface area contributed by atoms with Crippen molar-refractivity contribution in [3.63, 3.8) is 0 Å². The molecular formula is C17H32O4S. The van der Waals surface area contributed by atoms with Crippen molar-refractivity contribution in [1.29, 1.82) is 0 Å². The molecular weight excluding hydrogens is 300 g/mol. The molecule has 1 unspecified atom stereocenters. The van der Waals surface area contributed by atoms with Crippen LogP contribution in [0, 0.1) is 5.92 Å². The Balaban J connectivity index is 3.82. The van der Waals surface area contributed by atoms with Crippen molar-refractivity contribution in [1.82, 2.24) is 0 Å². The zero-order chi connectivity index (χ0) is 16.6. The Morgan fingerprint density at radius 3 is 1.91 bits per heavy atom. The summed E-state index contributed by atoms with van der Waals surface area (Å²) in [5.74, 6) is -0.871. The van der Waals surface area contributed by atoms with Crippen LogP contribution in [0.15, 0.2) is 0 Å². The second kappa shape index (κ2) is 15.2. The lowest BCUT2D eigenvalue weighted by Crippen LogP contribution is -2.24. The van der Waals surface area contributed by atoms with Crippen LogP contribution in [0.5, 0.6) is 0 Å². The zero-order valence-electron chi connectivity index (χ0n) is 14.1. The minimum Gasteiger partial charge on any atom is -0.466 e. The molecule has 0 amide bonds. The van der Waals surface area contributed by atoms with Gasteiger partial charge in [0.15, 0.2) is 0 Å². The second-order valence-corrected chi connectivity index (χ2v) is 5.96. The molecule has 0 aliphatic rings. The fraction of sp³-hybridized carbons (Fsp3) is 0.882. The van der Waals surface area contributed by atoms with E-state index in [0.717, 1.165) is 51.4 Å².